The van der Waals surface area contributed by atoms with Crippen molar-refractivity contribution in [2.45, 2.75) is 0 Å². The standard InChI is InChI=1S/C14H13N5O3/c1-16-8-10(7-15)13-6-11(4-5-17-13)22-12-2-3-14(18-9-12)19(20)21/h2-9H,15H2,1H3. The van der Waals surface area contributed by atoms with Gasteiger partial charge < -0.3 is 20.6 Å². The highest BCUT2D eigenvalue weighted by molar-refractivity contribution is 6.08. The number of nitrogens with two attached hydrogens (primary N) is 1. The lowest BCUT2D eigenvalue weighted by atomic mass is 10.2. The van der Waals surface area contributed by atoms with Crippen molar-refractivity contribution in [2.24, 2.45) is 10.7 Å². The number of ether oxygens (including phenoxy) is 1. The molecule has 0 spiro atoms. The molecule has 0 fully saturated rings. The van der Waals surface area contributed by atoms with Crippen LogP contribution in [0.1, 0.15) is 5.69 Å². The van der Waals surface area contributed by atoms with Crippen LogP contribution in [0.2, 0.25) is 0 Å². The van der Waals surface area contributed by atoms with Gasteiger partial charge in [-0.05, 0) is 22.0 Å². The van der Waals surface area contributed by atoms with E-state index in [1.165, 1.54) is 24.5 Å². The van der Waals surface area contributed by atoms with Crippen LogP contribution in [-0.2, 0) is 0 Å². The molecule has 2 aromatic rings. The second-order valence-electron chi connectivity index (χ2n) is 4.10. The highest BCUT2D eigenvalue weighted by atomic mass is 16.6. The van der Waals surface area contributed by atoms with Crippen LogP contribution < -0.4 is 10.5 Å². The van der Waals surface area contributed by atoms with Crippen LogP contribution >= 0.6 is 0 Å². The molecule has 22 heavy (non-hydrogen) atoms. The minimum absolute atomic E-state index is 0.240. The molecular weight excluding hydrogens is 286 g/mol. The van der Waals surface area contributed by atoms with Crippen molar-refractivity contribution in [3.63, 3.8) is 0 Å². The maximum Gasteiger partial charge on any atom is 0.363 e. The third-order valence-corrected chi connectivity index (χ3v) is 2.62. The van der Waals surface area contributed by atoms with Gasteiger partial charge in [-0.3, -0.25) is 9.98 Å². The van der Waals surface area contributed by atoms with E-state index in [1.807, 2.05) is 0 Å². The lowest BCUT2D eigenvalue weighted by Crippen LogP contribution is -1.96. The van der Waals surface area contributed by atoms with Crippen molar-refractivity contribution < 1.29 is 9.66 Å². The Bertz CT molecular complexity index is 726. The Morgan fingerprint density at radius 1 is 1.36 bits per heavy atom. The molecular formula is C14H13N5O3. The molecule has 0 aliphatic heterocycles. The first-order valence-corrected chi connectivity index (χ1v) is 6.23. The number of allylic oxidation sites excluding steroid dienone is 1. The molecule has 0 radical (unpaired) electrons. The predicted octanol–water partition coefficient (Wildman–Crippen LogP) is 2.18. The average Bonchev–Trinajstić information content (AvgIpc) is 2.53. The van der Waals surface area contributed by atoms with Gasteiger partial charge in [0.15, 0.2) is 11.9 Å². The van der Waals surface area contributed by atoms with Crippen molar-refractivity contribution >= 4 is 17.6 Å². The minimum atomic E-state index is -0.573. The fourth-order valence-electron chi connectivity index (χ4n) is 1.64. The minimum Gasteiger partial charge on any atom is -0.453 e. The fourth-order valence-corrected chi connectivity index (χ4v) is 1.64. The lowest BCUT2D eigenvalue weighted by Gasteiger charge is -2.06. The summed E-state index contributed by atoms with van der Waals surface area (Å²) in [6.45, 7) is 0. The number of pyridine rings is 2. The molecule has 0 amide bonds. The maximum atomic E-state index is 10.5. The SMILES string of the molecule is CN=CC(=CN)c1cc(Oc2ccc([N+](=O)[O-])nc2)ccn1. The third kappa shape index (κ3) is 3.63. The van der Waals surface area contributed by atoms with Crippen LogP contribution in [0.25, 0.3) is 5.57 Å². The summed E-state index contributed by atoms with van der Waals surface area (Å²) in [6, 6.07) is 6.08. The second kappa shape index (κ2) is 6.93. The van der Waals surface area contributed by atoms with E-state index in [0.717, 1.165) is 0 Å². The van der Waals surface area contributed by atoms with Gasteiger partial charge in [0.1, 0.15) is 5.75 Å². The molecule has 0 unspecified atom stereocenters. The quantitative estimate of drug-likeness (QED) is 0.513. The number of aromatic nitrogens is 2. The Hall–Kier alpha value is -3.29. The Morgan fingerprint density at radius 2 is 2.18 bits per heavy atom. The van der Waals surface area contributed by atoms with Crippen molar-refractivity contribution in [1.29, 1.82) is 0 Å². The van der Waals surface area contributed by atoms with Crippen LogP contribution in [0, 0.1) is 10.1 Å². The predicted molar refractivity (Wildman–Crippen MR) is 81.8 cm³/mol. The molecule has 0 atom stereocenters. The number of aliphatic imine (C=N–C) groups is 1. The zero-order chi connectivity index (χ0) is 15.9. The highest BCUT2D eigenvalue weighted by Crippen LogP contribution is 2.23. The van der Waals surface area contributed by atoms with E-state index in [1.54, 1.807) is 31.6 Å². The summed E-state index contributed by atoms with van der Waals surface area (Å²) in [5.41, 5.74) is 6.78. The molecule has 2 N–H and O–H groups in total. The van der Waals surface area contributed by atoms with Gasteiger partial charge in [-0.15, -0.1) is 0 Å². The van der Waals surface area contributed by atoms with Gasteiger partial charge in [-0.2, -0.15) is 0 Å². The molecule has 0 saturated heterocycles. The molecule has 2 heterocycles. The molecule has 112 valence electrons. The summed E-state index contributed by atoms with van der Waals surface area (Å²) in [6.07, 6.45) is 5.83. The number of nitro groups is 1. The van der Waals surface area contributed by atoms with Crippen molar-refractivity contribution in [2.75, 3.05) is 7.05 Å². The lowest BCUT2D eigenvalue weighted by molar-refractivity contribution is -0.389. The first-order valence-electron chi connectivity index (χ1n) is 6.23. The van der Waals surface area contributed by atoms with Crippen LogP contribution in [-0.4, -0.2) is 28.2 Å². The van der Waals surface area contributed by atoms with Gasteiger partial charge in [0.2, 0.25) is 0 Å². The van der Waals surface area contributed by atoms with Gasteiger partial charge in [0, 0.05) is 43.4 Å². The smallest absolute Gasteiger partial charge is 0.363 e. The van der Waals surface area contributed by atoms with Crippen LogP contribution in [0.5, 0.6) is 11.5 Å². The number of nitrogens with zero attached hydrogens (tertiary/aromatic N) is 4. The fraction of sp³-hybridized carbons (Fsp3) is 0.0714. The zero-order valence-corrected chi connectivity index (χ0v) is 11.7. The summed E-state index contributed by atoms with van der Waals surface area (Å²) in [4.78, 5) is 21.7. The van der Waals surface area contributed by atoms with E-state index in [4.69, 9.17) is 10.5 Å². The second-order valence-corrected chi connectivity index (χ2v) is 4.10. The zero-order valence-electron chi connectivity index (χ0n) is 11.7. The van der Waals surface area contributed by atoms with Crippen molar-refractivity contribution in [3.05, 3.63) is 58.7 Å². The van der Waals surface area contributed by atoms with Crippen LogP contribution in [0.15, 0.2) is 47.9 Å². The number of hydrogen-bond acceptors (Lipinski definition) is 7. The van der Waals surface area contributed by atoms with E-state index >= 15 is 0 Å². The number of rotatable bonds is 5. The highest BCUT2D eigenvalue weighted by Gasteiger charge is 2.08. The van der Waals surface area contributed by atoms with Crippen LogP contribution in [0.3, 0.4) is 0 Å². The van der Waals surface area contributed by atoms with E-state index in [0.29, 0.717) is 22.8 Å². The molecule has 8 nitrogen and oxygen atoms in total. The summed E-state index contributed by atoms with van der Waals surface area (Å²) >= 11 is 0. The average molecular weight is 299 g/mol. The molecule has 8 heteroatoms. The van der Waals surface area contributed by atoms with E-state index < -0.39 is 4.92 Å². The molecule has 0 bridgehead atoms. The monoisotopic (exact) mass is 299 g/mol. The van der Waals surface area contributed by atoms with Gasteiger partial charge in [-0.1, -0.05) is 0 Å². The van der Waals surface area contributed by atoms with E-state index in [9.17, 15) is 10.1 Å². The Balaban J connectivity index is 2.21. The molecule has 2 aromatic heterocycles. The largest absolute Gasteiger partial charge is 0.453 e. The Kier molecular flexibility index (Phi) is 4.76. The van der Waals surface area contributed by atoms with Gasteiger partial charge in [0.05, 0.1) is 5.69 Å². The molecule has 0 aromatic carbocycles. The molecule has 0 saturated carbocycles. The Labute approximate surface area is 126 Å². The summed E-state index contributed by atoms with van der Waals surface area (Å²) in [5, 5.41) is 10.5. The Morgan fingerprint density at radius 3 is 2.77 bits per heavy atom. The van der Waals surface area contributed by atoms with E-state index in [-0.39, 0.29) is 5.82 Å². The maximum absolute atomic E-state index is 10.5. The first-order chi connectivity index (χ1) is 10.6. The van der Waals surface area contributed by atoms with Gasteiger partial charge >= 0.3 is 5.82 Å². The molecule has 0 aliphatic rings. The molecule has 0 aliphatic carbocycles. The summed E-state index contributed by atoms with van der Waals surface area (Å²) in [7, 11) is 1.63. The van der Waals surface area contributed by atoms with Crippen molar-refractivity contribution in [3.8, 4) is 11.5 Å². The summed E-state index contributed by atoms with van der Waals surface area (Å²) < 4.78 is 5.59. The molecule has 2 rings (SSSR count). The first kappa shape index (κ1) is 15.1. The third-order valence-electron chi connectivity index (χ3n) is 2.62. The van der Waals surface area contributed by atoms with Gasteiger partial charge in [0.25, 0.3) is 0 Å². The normalized spacial score (nSPS) is 11.6. The van der Waals surface area contributed by atoms with Gasteiger partial charge in [-0.25, -0.2) is 0 Å². The number of hydrogen-bond donors (Lipinski definition) is 1. The van der Waals surface area contributed by atoms with Crippen LogP contribution in [0.4, 0.5) is 5.82 Å². The summed E-state index contributed by atoms with van der Waals surface area (Å²) in [5.74, 6) is 0.643. The topological polar surface area (TPSA) is 117 Å². The van der Waals surface area contributed by atoms with E-state index in [2.05, 4.69) is 15.0 Å². The van der Waals surface area contributed by atoms with Crippen molar-refractivity contribution in [1.82, 2.24) is 9.97 Å².